The molecule has 21 heavy (non-hydrogen) atoms. The number of guanidine groups is 1. The van der Waals surface area contributed by atoms with E-state index in [-0.39, 0.29) is 0 Å². The van der Waals surface area contributed by atoms with Gasteiger partial charge >= 0.3 is 0 Å². The Morgan fingerprint density at radius 2 is 2.05 bits per heavy atom. The third kappa shape index (κ3) is 5.56. The van der Waals surface area contributed by atoms with E-state index in [9.17, 15) is 0 Å². The molecule has 0 amide bonds. The molecular weight excluding hydrogens is 266 g/mol. The van der Waals surface area contributed by atoms with Crippen LogP contribution in [0.25, 0.3) is 0 Å². The maximum Gasteiger partial charge on any atom is 0.191 e. The third-order valence-electron chi connectivity index (χ3n) is 2.85. The number of rotatable bonds is 7. The van der Waals surface area contributed by atoms with Crippen molar-refractivity contribution in [1.29, 1.82) is 0 Å². The fourth-order valence-corrected chi connectivity index (χ4v) is 1.81. The van der Waals surface area contributed by atoms with E-state index in [0.717, 1.165) is 24.8 Å². The maximum absolute atomic E-state index is 5.55. The van der Waals surface area contributed by atoms with Crippen molar-refractivity contribution in [3.8, 4) is 5.75 Å². The van der Waals surface area contributed by atoms with E-state index in [0.29, 0.717) is 13.2 Å². The molecule has 0 aliphatic carbocycles. The fourth-order valence-electron chi connectivity index (χ4n) is 1.81. The van der Waals surface area contributed by atoms with E-state index in [1.54, 1.807) is 19.4 Å². The summed E-state index contributed by atoms with van der Waals surface area (Å²) in [6.07, 6.45) is 7.50. The first-order valence-corrected chi connectivity index (χ1v) is 6.96. The molecule has 2 aromatic heterocycles. The predicted molar refractivity (Wildman–Crippen MR) is 83.5 cm³/mol. The summed E-state index contributed by atoms with van der Waals surface area (Å²) in [5.41, 5.74) is 0. The molecule has 2 aromatic rings. The highest BCUT2D eigenvalue weighted by Gasteiger charge is 1.97. The summed E-state index contributed by atoms with van der Waals surface area (Å²) < 4.78 is 7.67. The molecule has 2 N–H and O–H groups in total. The summed E-state index contributed by atoms with van der Waals surface area (Å²) in [5, 5.41) is 6.46. The van der Waals surface area contributed by atoms with Crippen LogP contribution in [0.4, 0.5) is 0 Å². The van der Waals surface area contributed by atoms with Gasteiger partial charge in [-0.15, -0.1) is 0 Å². The van der Waals surface area contributed by atoms with Crippen molar-refractivity contribution >= 4 is 5.96 Å². The van der Waals surface area contributed by atoms with Gasteiger partial charge < -0.3 is 19.9 Å². The largest absolute Gasteiger partial charge is 0.490 e. The van der Waals surface area contributed by atoms with Gasteiger partial charge in [-0.1, -0.05) is 0 Å². The van der Waals surface area contributed by atoms with Crippen molar-refractivity contribution in [2.45, 2.75) is 6.54 Å². The molecule has 6 nitrogen and oxygen atoms in total. The summed E-state index contributed by atoms with van der Waals surface area (Å²) in [7, 11) is 1.76. The molecule has 2 heterocycles. The Balaban J connectivity index is 1.59. The van der Waals surface area contributed by atoms with Gasteiger partial charge in [0.05, 0.1) is 12.7 Å². The van der Waals surface area contributed by atoms with Crippen LogP contribution < -0.4 is 15.4 Å². The summed E-state index contributed by atoms with van der Waals surface area (Å²) in [5.74, 6) is 1.55. The molecule has 0 saturated heterocycles. The number of pyridine rings is 1. The Kier molecular flexibility index (Phi) is 6.12. The van der Waals surface area contributed by atoms with Crippen LogP contribution in [0.5, 0.6) is 5.75 Å². The highest BCUT2D eigenvalue weighted by Crippen LogP contribution is 2.04. The minimum atomic E-state index is 0.560. The zero-order valence-corrected chi connectivity index (χ0v) is 12.2. The highest BCUT2D eigenvalue weighted by molar-refractivity contribution is 5.79. The average Bonchev–Trinajstić information content (AvgIpc) is 3.04. The lowest BCUT2D eigenvalue weighted by Gasteiger charge is -2.12. The lowest BCUT2D eigenvalue weighted by atomic mass is 10.5. The number of ether oxygens (including phenoxy) is 1. The van der Waals surface area contributed by atoms with Gasteiger partial charge in [0, 0.05) is 38.7 Å². The Bertz CT molecular complexity index is 524. The van der Waals surface area contributed by atoms with Gasteiger partial charge in [-0.3, -0.25) is 9.98 Å². The fraction of sp³-hybridized carbons (Fsp3) is 0.333. The molecule has 0 spiro atoms. The SMILES string of the molecule is CN=C(NCCOc1cccnc1)NCCn1cccc1. The molecule has 0 saturated carbocycles. The van der Waals surface area contributed by atoms with Crippen LogP contribution in [0.15, 0.2) is 54.0 Å². The van der Waals surface area contributed by atoms with Crippen LogP contribution >= 0.6 is 0 Å². The second-order valence-electron chi connectivity index (χ2n) is 4.38. The zero-order valence-electron chi connectivity index (χ0n) is 12.2. The van der Waals surface area contributed by atoms with Gasteiger partial charge in [0.1, 0.15) is 12.4 Å². The van der Waals surface area contributed by atoms with Crippen LogP contribution in [0, 0.1) is 0 Å². The first-order chi connectivity index (χ1) is 10.4. The minimum absolute atomic E-state index is 0.560. The Morgan fingerprint density at radius 1 is 1.24 bits per heavy atom. The van der Waals surface area contributed by atoms with Crippen LogP contribution in [0.2, 0.25) is 0 Å². The normalized spacial score (nSPS) is 11.2. The molecule has 0 aromatic carbocycles. The molecular formula is C15H21N5O. The van der Waals surface area contributed by atoms with E-state index in [1.165, 1.54) is 0 Å². The van der Waals surface area contributed by atoms with Crippen molar-refractivity contribution in [3.63, 3.8) is 0 Å². The van der Waals surface area contributed by atoms with Gasteiger partial charge in [0.2, 0.25) is 0 Å². The molecule has 0 atom stereocenters. The predicted octanol–water partition coefficient (Wildman–Crippen LogP) is 1.13. The molecule has 0 fully saturated rings. The van der Waals surface area contributed by atoms with Crippen molar-refractivity contribution in [2.24, 2.45) is 4.99 Å². The maximum atomic E-state index is 5.55. The quantitative estimate of drug-likeness (QED) is 0.455. The second-order valence-corrected chi connectivity index (χ2v) is 4.38. The summed E-state index contributed by atoms with van der Waals surface area (Å²) in [4.78, 5) is 8.16. The number of hydrogen-bond acceptors (Lipinski definition) is 3. The standard InChI is InChI=1S/C15H21N5O/c1-16-15(18-7-11-20-9-2-3-10-20)19-8-12-21-14-5-4-6-17-13-14/h2-6,9-10,13H,7-8,11-12H2,1H3,(H2,16,18,19). The lowest BCUT2D eigenvalue weighted by Crippen LogP contribution is -2.40. The minimum Gasteiger partial charge on any atom is -0.490 e. The number of nitrogens with zero attached hydrogens (tertiary/aromatic N) is 3. The molecule has 0 aliphatic heterocycles. The molecule has 0 radical (unpaired) electrons. The number of aliphatic imine (C=N–C) groups is 1. The average molecular weight is 287 g/mol. The van der Waals surface area contributed by atoms with Crippen molar-refractivity contribution in [1.82, 2.24) is 20.2 Å². The second kappa shape index (κ2) is 8.63. The number of nitrogens with one attached hydrogen (secondary N) is 2. The Labute approximate surface area is 124 Å². The number of aromatic nitrogens is 2. The van der Waals surface area contributed by atoms with Gasteiger partial charge in [-0.2, -0.15) is 0 Å². The van der Waals surface area contributed by atoms with E-state index in [4.69, 9.17) is 4.74 Å². The molecule has 0 bridgehead atoms. The van der Waals surface area contributed by atoms with Gasteiger partial charge in [-0.25, -0.2) is 0 Å². The van der Waals surface area contributed by atoms with Crippen molar-refractivity contribution < 1.29 is 4.74 Å². The van der Waals surface area contributed by atoms with Gasteiger partial charge in [0.25, 0.3) is 0 Å². The van der Waals surface area contributed by atoms with E-state index >= 15 is 0 Å². The first-order valence-electron chi connectivity index (χ1n) is 6.96. The topological polar surface area (TPSA) is 63.5 Å². The van der Waals surface area contributed by atoms with Crippen molar-refractivity contribution in [3.05, 3.63) is 49.1 Å². The molecule has 0 aliphatic rings. The summed E-state index contributed by atoms with van der Waals surface area (Å²) >= 11 is 0. The Morgan fingerprint density at radius 3 is 2.76 bits per heavy atom. The zero-order chi connectivity index (χ0) is 14.8. The monoisotopic (exact) mass is 287 g/mol. The van der Waals surface area contributed by atoms with E-state index in [1.807, 2.05) is 36.7 Å². The van der Waals surface area contributed by atoms with Crippen LogP contribution in [-0.2, 0) is 6.54 Å². The van der Waals surface area contributed by atoms with Crippen molar-refractivity contribution in [2.75, 3.05) is 26.7 Å². The molecule has 6 heteroatoms. The molecule has 2 rings (SSSR count). The Hall–Kier alpha value is -2.50. The van der Waals surface area contributed by atoms with Crippen LogP contribution in [0.3, 0.4) is 0 Å². The molecule has 0 unspecified atom stereocenters. The summed E-state index contributed by atoms with van der Waals surface area (Å²) in [6.45, 7) is 2.96. The van der Waals surface area contributed by atoms with Gasteiger partial charge in [-0.05, 0) is 24.3 Å². The molecule has 112 valence electrons. The van der Waals surface area contributed by atoms with E-state index < -0.39 is 0 Å². The van der Waals surface area contributed by atoms with Crippen LogP contribution in [0.1, 0.15) is 0 Å². The third-order valence-corrected chi connectivity index (χ3v) is 2.85. The van der Waals surface area contributed by atoms with E-state index in [2.05, 4.69) is 25.2 Å². The summed E-state index contributed by atoms with van der Waals surface area (Å²) in [6, 6.07) is 7.77. The van der Waals surface area contributed by atoms with Crippen LogP contribution in [-0.4, -0.2) is 42.3 Å². The highest BCUT2D eigenvalue weighted by atomic mass is 16.5. The lowest BCUT2D eigenvalue weighted by molar-refractivity contribution is 0.320. The first kappa shape index (κ1) is 14.9. The smallest absolute Gasteiger partial charge is 0.191 e. The van der Waals surface area contributed by atoms with Gasteiger partial charge in [0.15, 0.2) is 5.96 Å². The number of hydrogen-bond donors (Lipinski definition) is 2.